The lowest BCUT2D eigenvalue weighted by Crippen LogP contribution is -2.29. The molecular formula is C8H9F2O6S-. The number of hydrogen-bond acceptors (Lipinski definition) is 7. The number of carbonyl (C=O) groups is 2. The Balaban J connectivity index is 2.30. The number of ether oxygens (including phenoxy) is 1. The van der Waals surface area contributed by atoms with Gasteiger partial charge in [0.15, 0.2) is 0 Å². The Morgan fingerprint density at radius 3 is 2.82 bits per heavy atom. The van der Waals surface area contributed by atoms with Crippen molar-refractivity contribution in [2.24, 2.45) is 5.92 Å². The van der Waals surface area contributed by atoms with Crippen molar-refractivity contribution < 1.29 is 37.7 Å². The first-order chi connectivity index (χ1) is 7.95. The lowest BCUT2D eigenvalue weighted by atomic mass is 10.1. The van der Waals surface area contributed by atoms with Crippen LogP contribution in [-0.4, -0.2) is 23.6 Å². The summed E-state index contributed by atoms with van der Waals surface area (Å²) in [7, 11) is 0. The van der Waals surface area contributed by atoms with Gasteiger partial charge in [-0.2, -0.15) is 13.1 Å². The van der Waals surface area contributed by atoms with Gasteiger partial charge in [-0.3, -0.25) is 9.83 Å². The summed E-state index contributed by atoms with van der Waals surface area (Å²) in [6, 6.07) is 0. The van der Waals surface area contributed by atoms with Crippen LogP contribution in [0.5, 0.6) is 0 Å². The third-order valence-electron chi connectivity index (χ3n) is 2.20. The maximum absolute atomic E-state index is 12.8. The van der Waals surface area contributed by atoms with E-state index in [1.165, 1.54) is 0 Å². The second-order valence-corrected chi connectivity index (χ2v) is 4.30. The molecule has 0 bridgehead atoms. The van der Waals surface area contributed by atoms with Crippen LogP contribution >= 0.6 is 12.0 Å². The SMILES string of the molecule is O=C1CCC(COC(=O)C(F)(F)SOO[O-])C1. The number of hydrogen-bond donors (Lipinski definition) is 0. The van der Waals surface area contributed by atoms with Gasteiger partial charge in [-0.25, -0.2) is 4.79 Å². The number of halogens is 2. The first-order valence-electron chi connectivity index (χ1n) is 4.66. The Hall–Kier alpha value is -0.770. The first-order valence-corrected chi connectivity index (χ1v) is 5.41. The molecule has 1 aliphatic rings. The van der Waals surface area contributed by atoms with Gasteiger partial charge in [0.1, 0.15) is 17.8 Å². The summed E-state index contributed by atoms with van der Waals surface area (Å²) in [5.74, 6) is -2.03. The minimum Gasteiger partial charge on any atom is -0.691 e. The summed E-state index contributed by atoms with van der Waals surface area (Å²) in [6.07, 6.45) is 1.12. The van der Waals surface area contributed by atoms with Gasteiger partial charge in [0, 0.05) is 18.8 Å². The highest BCUT2D eigenvalue weighted by atomic mass is 32.2. The lowest BCUT2D eigenvalue weighted by Gasteiger charge is -2.15. The molecule has 9 heteroatoms. The van der Waals surface area contributed by atoms with E-state index in [-0.39, 0.29) is 24.7 Å². The summed E-state index contributed by atoms with van der Waals surface area (Å²) in [5, 5.41) is 8.02. The average Bonchev–Trinajstić information content (AvgIpc) is 2.69. The van der Waals surface area contributed by atoms with E-state index in [0.717, 1.165) is 0 Å². The third kappa shape index (κ3) is 4.54. The number of Topliss-reactive ketones (excluding diaryl/α,β-unsaturated/α-hetero) is 1. The number of ketones is 1. The Morgan fingerprint density at radius 2 is 2.29 bits per heavy atom. The van der Waals surface area contributed by atoms with Crippen molar-refractivity contribution in [3.8, 4) is 0 Å². The van der Waals surface area contributed by atoms with Crippen LogP contribution in [0.1, 0.15) is 19.3 Å². The van der Waals surface area contributed by atoms with Crippen molar-refractivity contribution in [1.29, 1.82) is 0 Å². The molecule has 98 valence electrons. The molecule has 1 atom stereocenters. The number of esters is 1. The van der Waals surface area contributed by atoms with Crippen LogP contribution in [-0.2, 0) is 23.7 Å². The summed E-state index contributed by atoms with van der Waals surface area (Å²) >= 11 is -0.740. The molecule has 0 aliphatic heterocycles. The fourth-order valence-corrected chi connectivity index (χ4v) is 1.64. The molecule has 17 heavy (non-hydrogen) atoms. The topological polar surface area (TPSA) is 84.9 Å². The second-order valence-electron chi connectivity index (χ2n) is 3.48. The van der Waals surface area contributed by atoms with Gasteiger partial charge in [-0.15, -0.1) is 0 Å². The lowest BCUT2D eigenvalue weighted by molar-refractivity contribution is -0.777. The largest absolute Gasteiger partial charge is 0.691 e. The Labute approximate surface area is 99.3 Å². The Kier molecular flexibility index (Phi) is 5.25. The molecule has 0 spiro atoms. The van der Waals surface area contributed by atoms with E-state index in [1.807, 2.05) is 0 Å². The van der Waals surface area contributed by atoms with Crippen molar-refractivity contribution in [2.75, 3.05) is 6.61 Å². The maximum Gasteiger partial charge on any atom is 0.415 e. The minimum atomic E-state index is -4.02. The molecule has 0 N–H and O–H groups in total. The molecule has 0 aromatic carbocycles. The molecule has 1 saturated carbocycles. The normalized spacial score (nSPS) is 20.6. The molecule has 0 saturated heterocycles. The third-order valence-corrected chi connectivity index (χ3v) is 2.70. The number of alkyl halides is 2. The molecule has 1 fully saturated rings. The van der Waals surface area contributed by atoms with Gasteiger partial charge in [0.05, 0.1) is 6.61 Å². The average molecular weight is 271 g/mol. The van der Waals surface area contributed by atoms with Gasteiger partial charge in [-0.1, -0.05) is 0 Å². The summed E-state index contributed by atoms with van der Waals surface area (Å²) < 4.78 is 33.4. The fraction of sp³-hybridized carbons (Fsp3) is 0.750. The molecule has 6 nitrogen and oxygen atoms in total. The monoisotopic (exact) mass is 271 g/mol. The summed E-state index contributed by atoms with van der Waals surface area (Å²) in [6.45, 7) is -0.251. The van der Waals surface area contributed by atoms with Crippen LogP contribution in [0.3, 0.4) is 0 Å². The number of carbonyl (C=O) groups excluding carboxylic acids is 2. The summed E-state index contributed by atoms with van der Waals surface area (Å²) in [4.78, 5) is 21.8. The second kappa shape index (κ2) is 6.24. The quantitative estimate of drug-likeness (QED) is 0.298. The van der Waals surface area contributed by atoms with E-state index in [9.17, 15) is 23.6 Å². The van der Waals surface area contributed by atoms with Crippen LogP contribution in [0, 0.1) is 5.92 Å². The van der Waals surface area contributed by atoms with Gasteiger partial charge >= 0.3 is 11.2 Å². The van der Waals surface area contributed by atoms with E-state index in [1.54, 1.807) is 0 Å². The maximum atomic E-state index is 12.8. The highest BCUT2D eigenvalue weighted by molar-refractivity contribution is 7.96. The van der Waals surface area contributed by atoms with E-state index in [2.05, 4.69) is 14.1 Å². The first kappa shape index (κ1) is 14.3. The molecule has 0 amide bonds. The zero-order valence-electron chi connectivity index (χ0n) is 8.52. The van der Waals surface area contributed by atoms with Gasteiger partial charge in [0.2, 0.25) is 0 Å². The number of rotatable bonds is 6. The van der Waals surface area contributed by atoms with Crippen LogP contribution in [0.15, 0.2) is 0 Å². The molecule has 0 aromatic heterocycles. The van der Waals surface area contributed by atoms with Crippen LogP contribution in [0.25, 0.3) is 0 Å². The molecule has 1 rings (SSSR count). The van der Waals surface area contributed by atoms with Crippen molar-refractivity contribution in [3.63, 3.8) is 0 Å². The minimum absolute atomic E-state index is 0.0234. The fourth-order valence-electron chi connectivity index (χ4n) is 1.40. The molecule has 0 radical (unpaired) electrons. The van der Waals surface area contributed by atoms with E-state index < -0.39 is 23.3 Å². The molecular weight excluding hydrogens is 262 g/mol. The highest BCUT2D eigenvalue weighted by Gasteiger charge is 2.44. The smallest absolute Gasteiger partial charge is 0.415 e. The van der Waals surface area contributed by atoms with Crippen molar-refractivity contribution in [3.05, 3.63) is 0 Å². The van der Waals surface area contributed by atoms with E-state index in [0.29, 0.717) is 12.8 Å². The van der Waals surface area contributed by atoms with E-state index >= 15 is 0 Å². The Bertz CT molecular complexity index is 298. The zero-order valence-corrected chi connectivity index (χ0v) is 9.34. The van der Waals surface area contributed by atoms with Crippen molar-refractivity contribution in [1.82, 2.24) is 0 Å². The standard InChI is InChI=1S/C8H10F2O6S/c9-8(10,17-16-15-13)7(12)14-4-5-1-2-6(11)3-5/h5,13H,1-4H2/p-1. The van der Waals surface area contributed by atoms with Crippen LogP contribution in [0.2, 0.25) is 0 Å². The molecule has 0 heterocycles. The highest BCUT2D eigenvalue weighted by Crippen LogP contribution is 2.31. The molecule has 0 aromatic rings. The predicted molar refractivity (Wildman–Crippen MR) is 48.0 cm³/mol. The van der Waals surface area contributed by atoms with Gasteiger partial charge in [-0.05, 0) is 6.42 Å². The van der Waals surface area contributed by atoms with Gasteiger partial charge < -0.3 is 9.99 Å². The Morgan fingerprint density at radius 1 is 1.59 bits per heavy atom. The van der Waals surface area contributed by atoms with Crippen molar-refractivity contribution in [2.45, 2.75) is 24.5 Å². The van der Waals surface area contributed by atoms with Gasteiger partial charge in [0.25, 0.3) is 0 Å². The van der Waals surface area contributed by atoms with Crippen molar-refractivity contribution >= 4 is 23.8 Å². The molecule has 1 aliphatic carbocycles. The molecule has 1 unspecified atom stereocenters. The summed E-state index contributed by atoms with van der Waals surface area (Å²) in [5.41, 5.74) is 0. The zero-order chi connectivity index (χ0) is 12.9. The van der Waals surface area contributed by atoms with Crippen LogP contribution < -0.4 is 5.26 Å². The van der Waals surface area contributed by atoms with Crippen LogP contribution in [0.4, 0.5) is 8.78 Å². The predicted octanol–water partition coefficient (Wildman–Crippen LogP) is 0.363. The van der Waals surface area contributed by atoms with E-state index in [4.69, 9.17) is 0 Å².